The summed E-state index contributed by atoms with van der Waals surface area (Å²) in [6, 6.07) is 14.5. The molecular weight excluding hydrogens is 360 g/mol. The van der Waals surface area contributed by atoms with Crippen LogP contribution in [0.5, 0.6) is 0 Å². The fourth-order valence-electron chi connectivity index (χ4n) is 4.99. The second-order valence-corrected chi connectivity index (χ2v) is 8.66. The molecule has 0 unspecified atom stereocenters. The molecule has 4 nitrogen and oxygen atoms in total. The van der Waals surface area contributed by atoms with Crippen molar-refractivity contribution in [2.24, 2.45) is 0 Å². The van der Waals surface area contributed by atoms with E-state index in [1.165, 1.54) is 30.4 Å². The van der Waals surface area contributed by atoms with E-state index in [2.05, 4.69) is 36.5 Å². The number of nitrogens with zero attached hydrogens (tertiary/aromatic N) is 1. The molecule has 1 fully saturated rings. The molecule has 29 heavy (non-hydrogen) atoms. The van der Waals surface area contributed by atoms with Crippen LogP contribution < -0.4 is 10.2 Å². The molecule has 2 amide bonds. The molecule has 4 rings (SSSR count). The first-order valence-electron chi connectivity index (χ1n) is 10.7. The van der Waals surface area contributed by atoms with E-state index >= 15 is 0 Å². The molecular formula is C25H30N2O2. The van der Waals surface area contributed by atoms with Gasteiger partial charge in [0.2, 0.25) is 5.91 Å². The molecule has 1 saturated carbocycles. The van der Waals surface area contributed by atoms with Crippen LogP contribution in [-0.4, -0.2) is 24.9 Å². The predicted molar refractivity (Wildman–Crippen MR) is 116 cm³/mol. The fourth-order valence-corrected chi connectivity index (χ4v) is 4.99. The molecule has 0 bridgehead atoms. The minimum Gasteiger partial charge on any atom is -0.351 e. The summed E-state index contributed by atoms with van der Waals surface area (Å²) in [6.07, 6.45) is 6.75. The highest BCUT2D eigenvalue weighted by Crippen LogP contribution is 2.39. The molecule has 2 aromatic carbocycles. The monoisotopic (exact) mass is 390 g/mol. The summed E-state index contributed by atoms with van der Waals surface area (Å²) in [5, 5.41) is 3.23. The Balaban J connectivity index is 1.51. The highest BCUT2D eigenvalue weighted by molar-refractivity contribution is 5.97. The summed E-state index contributed by atoms with van der Waals surface area (Å²) in [5.74, 6) is 0.0324. The lowest BCUT2D eigenvalue weighted by Gasteiger charge is -2.38. The van der Waals surface area contributed by atoms with Gasteiger partial charge in [-0.2, -0.15) is 0 Å². The molecule has 2 aromatic rings. The van der Waals surface area contributed by atoms with Gasteiger partial charge in [-0.25, -0.2) is 0 Å². The highest BCUT2D eigenvalue weighted by Gasteiger charge is 2.34. The molecule has 1 aliphatic carbocycles. The van der Waals surface area contributed by atoms with Gasteiger partial charge in [-0.1, -0.05) is 49.1 Å². The van der Waals surface area contributed by atoms with Crippen molar-refractivity contribution in [3.63, 3.8) is 0 Å². The lowest BCUT2D eigenvalue weighted by atomic mass is 9.69. The first-order chi connectivity index (χ1) is 14.0. The molecule has 0 radical (unpaired) electrons. The first kappa shape index (κ1) is 19.7. The predicted octanol–water partition coefficient (Wildman–Crippen LogP) is 4.54. The lowest BCUT2D eigenvalue weighted by Crippen LogP contribution is -2.42. The summed E-state index contributed by atoms with van der Waals surface area (Å²) in [5.41, 5.74) is 5.36. The Morgan fingerprint density at radius 3 is 2.59 bits per heavy atom. The summed E-state index contributed by atoms with van der Waals surface area (Å²) >= 11 is 0. The average molecular weight is 391 g/mol. The van der Waals surface area contributed by atoms with Gasteiger partial charge in [-0.15, -0.1) is 0 Å². The van der Waals surface area contributed by atoms with Crippen LogP contribution in [0.4, 0.5) is 5.69 Å². The topological polar surface area (TPSA) is 49.4 Å². The normalized spacial score (nSPS) is 17.7. The van der Waals surface area contributed by atoms with Crippen LogP contribution in [0.25, 0.3) is 0 Å². The number of benzene rings is 2. The van der Waals surface area contributed by atoms with E-state index in [9.17, 15) is 9.59 Å². The number of carbonyl (C=O) groups is 2. The van der Waals surface area contributed by atoms with Gasteiger partial charge >= 0.3 is 0 Å². The van der Waals surface area contributed by atoms with Gasteiger partial charge in [-0.3, -0.25) is 9.59 Å². The van der Waals surface area contributed by atoms with E-state index in [0.717, 1.165) is 30.5 Å². The first-order valence-corrected chi connectivity index (χ1v) is 10.7. The van der Waals surface area contributed by atoms with Crippen LogP contribution in [0.3, 0.4) is 0 Å². The van der Waals surface area contributed by atoms with E-state index < -0.39 is 0 Å². The van der Waals surface area contributed by atoms with Gasteiger partial charge in [0, 0.05) is 36.7 Å². The molecule has 152 valence electrons. The Morgan fingerprint density at radius 2 is 1.86 bits per heavy atom. The standard InChI is InChI=1S/C25H30N2O2/c1-18-7-6-8-22(15-18)25(12-4-3-5-13-25)17-26-24(29)21-9-10-23-20(16-21)11-14-27(23)19(2)28/h6-10,15-16H,3-5,11-14,17H2,1-2H3,(H,26,29). The largest absolute Gasteiger partial charge is 0.351 e. The molecule has 0 atom stereocenters. The van der Waals surface area contributed by atoms with Crippen LogP contribution in [-0.2, 0) is 16.6 Å². The van der Waals surface area contributed by atoms with Gasteiger partial charge in [0.1, 0.15) is 0 Å². The van der Waals surface area contributed by atoms with Crippen molar-refractivity contribution in [2.45, 2.75) is 57.8 Å². The number of aryl methyl sites for hydroxylation is 1. The van der Waals surface area contributed by atoms with Crippen LogP contribution in [0, 0.1) is 6.92 Å². The van der Waals surface area contributed by atoms with E-state index in [4.69, 9.17) is 0 Å². The molecule has 4 heteroatoms. The zero-order chi connectivity index (χ0) is 20.4. The second kappa shape index (κ2) is 8.02. The third kappa shape index (κ3) is 3.93. The Bertz CT molecular complexity index is 928. The second-order valence-electron chi connectivity index (χ2n) is 8.66. The van der Waals surface area contributed by atoms with Gasteiger partial charge < -0.3 is 10.2 Å². The lowest BCUT2D eigenvalue weighted by molar-refractivity contribution is -0.116. The highest BCUT2D eigenvalue weighted by atomic mass is 16.2. The summed E-state index contributed by atoms with van der Waals surface area (Å²) in [4.78, 5) is 26.5. The number of fused-ring (bicyclic) bond motifs is 1. The summed E-state index contributed by atoms with van der Waals surface area (Å²) in [7, 11) is 0. The van der Waals surface area contributed by atoms with Gasteiger partial charge in [0.15, 0.2) is 0 Å². The smallest absolute Gasteiger partial charge is 0.251 e. The Morgan fingerprint density at radius 1 is 1.07 bits per heavy atom. The fraction of sp³-hybridized carbons (Fsp3) is 0.440. The third-order valence-electron chi connectivity index (χ3n) is 6.65. The zero-order valence-corrected chi connectivity index (χ0v) is 17.5. The van der Waals surface area contributed by atoms with Crippen LogP contribution in [0.1, 0.15) is 66.1 Å². The summed E-state index contributed by atoms with van der Waals surface area (Å²) in [6.45, 7) is 5.09. The maximum Gasteiger partial charge on any atom is 0.251 e. The number of amides is 2. The van der Waals surface area contributed by atoms with Gasteiger partial charge in [0.25, 0.3) is 5.91 Å². The van der Waals surface area contributed by atoms with Crippen molar-refractivity contribution >= 4 is 17.5 Å². The molecule has 1 heterocycles. The Labute approximate surface area is 173 Å². The molecule has 0 spiro atoms. The van der Waals surface area contributed by atoms with Crippen molar-refractivity contribution in [1.29, 1.82) is 0 Å². The van der Waals surface area contributed by atoms with E-state index in [0.29, 0.717) is 18.7 Å². The van der Waals surface area contributed by atoms with Crippen LogP contribution in [0.15, 0.2) is 42.5 Å². The van der Waals surface area contributed by atoms with E-state index in [-0.39, 0.29) is 17.2 Å². The molecule has 0 aromatic heterocycles. The van der Waals surface area contributed by atoms with Crippen LogP contribution in [0.2, 0.25) is 0 Å². The third-order valence-corrected chi connectivity index (χ3v) is 6.65. The van der Waals surface area contributed by atoms with Gasteiger partial charge in [0.05, 0.1) is 0 Å². The number of hydrogen-bond donors (Lipinski definition) is 1. The van der Waals surface area contributed by atoms with Crippen LogP contribution >= 0.6 is 0 Å². The number of rotatable bonds is 4. The molecule has 0 saturated heterocycles. The van der Waals surface area contributed by atoms with Crippen molar-refractivity contribution in [1.82, 2.24) is 5.32 Å². The minimum absolute atomic E-state index is 0.0216. The van der Waals surface area contributed by atoms with Gasteiger partial charge in [-0.05, 0) is 55.5 Å². The number of nitrogens with one attached hydrogen (secondary N) is 1. The van der Waals surface area contributed by atoms with Crippen molar-refractivity contribution in [3.8, 4) is 0 Å². The molecule has 2 aliphatic rings. The van der Waals surface area contributed by atoms with E-state index in [1.807, 2.05) is 18.2 Å². The average Bonchev–Trinajstić information content (AvgIpc) is 3.16. The minimum atomic E-state index is -0.0216. The Hall–Kier alpha value is -2.62. The molecule has 1 N–H and O–H groups in total. The quantitative estimate of drug-likeness (QED) is 0.833. The van der Waals surface area contributed by atoms with Crippen molar-refractivity contribution in [2.75, 3.05) is 18.0 Å². The Kier molecular flexibility index (Phi) is 5.44. The maximum absolute atomic E-state index is 13.0. The zero-order valence-electron chi connectivity index (χ0n) is 17.5. The maximum atomic E-state index is 13.0. The number of carbonyl (C=O) groups excluding carboxylic acids is 2. The number of anilines is 1. The van der Waals surface area contributed by atoms with Crippen molar-refractivity contribution < 1.29 is 9.59 Å². The molecule has 1 aliphatic heterocycles. The summed E-state index contributed by atoms with van der Waals surface area (Å²) < 4.78 is 0. The SMILES string of the molecule is CC(=O)N1CCc2cc(C(=O)NCC3(c4cccc(C)c4)CCCCC3)ccc21. The number of hydrogen-bond acceptors (Lipinski definition) is 2. The van der Waals surface area contributed by atoms with E-state index in [1.54, 1.807) is 11.8 Å². The van der Waals surface area contributed by atoms with Crippen molar-refractivity contribution in [3.05, 3.63) is 64.7 Å².